The van der Waals surface area contributed by atoms with Crippen LogP contribution >= 0.6 is 0 Å². The third kappa shape index (κ3) is 10.7. The molecule has 2 aliphatic rings. The number of fused-ring (bicyclic) bond motifs is 34. The van der Waals surface area contributed by atoms with Crippen molar-refractivity contribution in [1.29, 1.82) is 0 Å². The standard InChI is InChI=1S/2C46H29N3O/c1-2-10-30(11-3-1)42-29-43-35-16-6-12-31(24-35)33-14-8-18-37(26-33)49(39-22-23-45-41(28-39)40-20-4-5-21-44(40)50-45)38-19-9-15-34(27-38)32-13-7-17-36(25-32)46(47-42)48-43;1-2-10-30(11-3-1)42-29-43-35-16-6-12-31(24-35)33-14-8-18-37(26-33)49(39-22-23-41-40-20-4-5-21-44(40)50-45(41)28-39)38-19-9-15-34(27-38)32-13-7-17-36(25-32)46(47-42)48-43/h2*1-29H. The van der Waals surface area contributed by atoms with Crippen LogP contribution < -0.4 is 9.80 Å². The second-order valence-corrected chi connectivity index (χ2v) is 25.4. The van der Waals surface area contributed by atoms with Gasteiger partial charge in [0, 0.05) is 95.1 Å². The molecule has 0 atom stereocenters. The molecule has 0 N–H and O–H groups in total. The Bertz CT molecular complexity index is 5990. The maximum absolute atomic E-state index is 6.36. The highest BCUT2D eigenvalue weighted by Gasteiger charge is 2.22. The minimum Gasteiger partial charge on any atom is -0.456 e. The van der Waals surface area contributed by atoms with Crippen molar-refractivity contribution in [3.63, 3.8) is 0 Å². The minimum atomic E-state index is 0.694. The first-order chi connectivity index (χ1) is 49.5. The topological polar surface area (TPSA) is 84.3 Å². The molecule has 100 heavy (non-hydrogen) atoms. The van der Waals surface area contributed by atoms with Crippen LogP contribution in [0, 0.1) is 0 Å². The summed E-state index contributed by atoms with van der Waals surface area (Å²) in [5, 5.41) is 4.43. The normalized spacial score (nSPS) is 12.0. The van der Waals surface area contributed by atoms with Gasteiger partial charge in [0.05, 0.1) is 22.8 Å². The monoisotopic (exact) mass is 1280 g/mol. The second kappa shape index (κ2) is 24.3. The molecule has 468 valence electrons. The number of hydrogen-bond acceptors (Lipinski definition) is 8. The first kappa shape index (κ1) is 57.9. The van der Waals surface area contributed by atoms with E-state index in [0.717, 1.165) is 179 Å². The number of para-hydroxylation sites is 2. The Morgan fingerprint density at radius 2 is 0.460 bits per heavy atom. The summed E-state index contributed by atoms with van der Waals surface area (Å²) in [6.07, 6.45) is 0. The molecule has 14 aromatic carbocycles. The summed E-state index contributed by atoms with van der Waals surface area (Å²) in [4.78, 5) is 25.2. The van der Waals surface area contributed by atoms with Gasteiger partial charge in [0.1, 0.15) is 22.3 Å². The average Bonchev–Trinajstić information content (AvgIpc) is 1.36. The zero-order valence-corrected chi connectivity index (χ0v) is 54.0. The molecule has 0 saturated heterocycles. The average molecular weight is 1280 g/mol. The highest BCUT2D eigenvalue weighted by Crippen LogP contribution is 2.45. The zero-order chi connectivity index (χ0) is 66.0. The molecule has 20 rings (SSSR count). The molecule has 0 radical (unpaired) electrons. The lowest BCUT2D eigenvalue weighted by atomic mass is 9.98. The molecule has 0 amide bonds. The molecular weight excluding hydrogens is 1220 g/mol. The Balaban J connectivity index is 0.000000139. The summed E-state index contributed by atoms with van der Waals surface area (Å²) >= 11 is 0. The Hall–Kier alpha value is -13.6. The number of anilines is 6. The van der Waals surface area contributed by atoms with Crippen LogP contribution in [-0.2, 0) is 0 Å². The Morgan fingerprint density at radius 1 is 0.170 bits per heavy atom. The molecule has 18 aromatic rings. The Kier molecular flexibility index (Phi) is 14.0. The number of rotatable bonds is 4. The molecule has 8 nitrogen and oxygen atoms in total. The van der Waals surface area contributed by atoms with Crippen LogP contribution in [0.15, 0.2) is 361 Å². The second-order valence-electron chi connectivity index (χ2n) is 25.4. The van der Waals surface area contributed by atoms with E-state index in [0.29, 0.717) is 11.6 Å². The number of furan rings is 2. The number of nitrogens with zero attached hydrogens (tertiary/aromatic N) is 6. The number of hydrogen-bond donors (Lipinski definition) is 0. The van der Waals surface area contributed by atoms with Crippen LogP contribution in [0.4, 0.5) is 34.1 Å². The van der Waals surface area contributed by atoms with Gasteiger partial charge < -0.3 is 18.6 Å². The van der Waals surface area contributed by atoms with E-state index in [2.05, 4.69) is 325 Å². The van der Waals surface area contributed by atoms with Gasteiger partial charge in [-0.2, -0.15) is 0 Å². The Morgan fingerprint density at radius 3 is 0.910 bits per heavy atom. The van der Waals surface area contributed by atoms with E-state index in [-0.39, 0.29) is 0 Å². The lowest BCUT2D eigenvalue weighted by Crippen LogP contribution is -2.10. The fourth-order valence-corrected chi connectivity index (χ4v) is 14.3. The van der Waals surface area contributed by atoms with Crippen molar-refractivity contribution in [3.8, 4) is 112 Å². The maximum Gasteiger partial charge on any atom is 0.160 e. The lowest BCUT2D eigenvalue weighted by molar-refractivity contribution is 0.668. The maximum atomic E-state index is 6.36. The summed E-state index contributed by atoms with van der Waals surface area (Å²) in [5.74, 6) is 1.39. The summed E-state index contributed by atoms with van der Waals surface area (Å²) in [5.41, 5.74) is 28.3. The van der Waals surface area contributed by atoms with Crippen LogP contribution in [0.25, 0.3) is 156 Å². The van der Waals surface area contributed by atoms with Crippen molar-refractivity contribution < 1.29 is 8.83 Å². The Labute approximate surface area is 577 Å². The first-order valence-electron chi connectivity index (χ1n) is 33.6. The van der Waals surface area contributed by atoms with Gasteiger partial charge in [-0.1, -0.05) is 218 Å². The van der Waals surface area contributed by atoms with Crippen LogP contribution in [-0.4, -0.2) is 19.9 Å². The van der Waals surface area contributed by atoms with Crippen molar-refractivity contribution in [3.05, 3.63) is 352 Å². The van der Waals surface area contributed by atoms with Crippen molar-refractivity contribution in [2.75, 3.05) is 9.80 Å². The van der Waals surface area contributed by atoms with Crippen molar-refractivity contribution >= 4 is 78.0 Å². The van der Waals surface area contributed by atoms with E-state index < -0.39 is 0 Å². The van der Waals surface area contributed by atoms with Crippen molar-refractivity contribution in [1.82, 2.24) is 19.9 Å². The van der Waals surface area contributed by atoms with E-state index in [1.54, 1.807) is 0 Å². The third-order valence-corrected chi connectivity index (χ3v) is 19.1. The van der Waals surface area contributed by atoms with Crippen molar-refractivity contribution in [2.45, 2.75) is 0 Å². The number of benzene rings is 14. The highest BCUT2D eigenvalue weighted by atomic mass is 16.3. The molecule has 0 saturated carbocycles. The van der Waals surface area contributed by atoms with Gasteiger partial charge in [0.15, 0.2) is 11.6 Å². The smallest absolute Gasteiger partial charge is 0.160 e. The molecule has 4 aromatic heterocycles. The zero-order valence-electron chi connectivity index (χ0n) is 54.0. The molecule has 0 aliphatic carbocycles. The van der Waals surface area contributed by atoms with E-state index in [4.69, 9.17) is 28.8 Å². The van der Waals surface area contributed by atoms with E-state index in [9.17, 15) is 0 Å². The molecule has 0 spiro atoms. The quantitative estimate of drug-likeness (QED) is 0.172. The summed E-state index contributed by atoms with van der Waals surface area (Å²) < 4.78 is 12.6. The molecule has 0 fully saturated rings. The predicted molar refractivity (Wildman–Crippen MR) is 409 cm³/mol. The SMILES string of the molecule is c1ccc(-c2cc3nc(n2)-c2cccc(c2)-c2cccc(c2)N(c2ccc4c(c2)oc2ccccc24)c2cccc(c2)-c2cccc-3c2)cc1.c1ccc(-c2cc3nc(n2)-c2cccc(c2)-c2cccc(c2)N(c2ccc4oc5ccccc5c4c2)c2cccc(c2)-c2cccc-3c2)cc1. The highest BCUT2D eigenvalue weighted by molar-refractivity contribution is 6.08. The third-order valence-electron chi connectivity index (χ3n) is 19.1. The largest absolute Gasteiger partial charge is 0.456 e. The predicted octanol–water partition coefficient (Wildman–Crippen LogP) is 25.0. The van der Waals surface area contributed by atoms with Gasteiger partial charge in [-0.15, -0.1) is 0 Å². The van der Waals surface area contributed by atoms with Crippen LogP contribution in [0.1, 0.15) is 0 Å². The van der Waals surface area contributed by atoms with Gasteiger partial charge in [-0.05, 0) is 172 Å². The van der Waals surface area contributed by atoms with E-state index >= 15 is 0 Å². The minimum absolute atomic E-state index is 0.694. The molecule has 2 aliphatic heterocycles. The summed E-state index contributed by atoms with van der Waals surface area (Å²) in [7, 11) is 0. The molecule has 8 heteroatoms. The van der Waals surface area contributed by atoms with Gasteiger partial charge in [-0.25, -0.2) is 19.9 Å². The first-order valence-corrected chi connectivity index (χ1v) is 33.6. The van der Waals surface area contributed by atoms with E-state index in [1.165, 1.54) is 0 Å². The lowest BCUT2D eigenvalue weighted by Gasteiger charge is -2.27. The molecule has 20 bridgehead atoms. The fourth-order valence-electron chi connectivity index (χ4n) is 14.3. The van der Waals surface area contributed by atoms with Crippen LogP contribution in [0.5, 0.6) is 0 Å². The molecule has 6 heterocycles. The summed E-state index contributed by atoms with van der Waals surface area (Å²) in [6.45, 7) is 0. The number of aromatic nitrogens is 4. The summed E-state index contributed by atoms with van der Waals surface area (Å²) in [6, 6.07) is 124. The van der Waals surface area contributed by atoms with Gasteiger partial charge in [0.2, 0.25) is 0 Å². The van der Waals surface area contributed by atoms with Gasteiger partial charge >= 0.3 is 0 Å². The fraction of sp³-hybridized carbons (Fsp3) is 0. The van der Waals surface area contributed by atoms with E-state index in [1.807, 2.05) is 36.4 Å². The molecular formula is C92H58N6O2. The van der Waals surface area contributed by atoms with Crippen molar-refractivity contribution in [2.24, 2.45) is 0 Å². The molecule has 0 unspecified atom stereocenters. The van der Waals surface area contributed by atoms with Gasteiger partial charge in [-0.3, -0.25) is 0 Å². The van der Waals surface area contributed by atoms with Crippen LogP contribution in [0.2, 0.25) is 0 Å². The van der Waals surface area contributed by atoms with Crippen LogP contribution in [0.3, 0.4) is 0 Å². The van der Waals surface area contributed by atoms with Gasteiger partial charge in [0.25, 0.3) is 0 Å².